The molecule has 1 fully saturated rings. The summed E-state index contributed by atoms with van der Waals surface area (Å²) in [4.78, 5) is 17.6. The molecule has 2 rings (SSSR count). The second-order valence-corrected chi connectivity index (χ2v) is 8.57. The monoisotopic (exact) mass is 345 g/mol. The van der Waals surface area contributed by atoms with Gasteiger partial charge in [0.1, 0.15) is 6.04 Å². The second-order valence-electron chi connectivity index (χ2n) is 5.41. The third-order valence-electron chi connectivity index (χ3n) is 3.75. The van der Waals surface area contributed by atoms with Gasteiger partial charge in [-0.1, -0.05) is 20.3 Å². The zero-order valence-corrected chi connectivity index (χ0v) is 14.7. The number of sulfonamides is 1. The van der Waals surface area contributed by atoms with Crippen molar-refractivity contribution < 1.29 is 13.2 Å². The van der Waals surface area contributed by atoms with Crippen molar-refractivity contribution in [2.75, 3.05) is 17.6 Å². The smallest absolute Gasteiger partial charge is 0.244 e. The minimum atomic E-state index is -3.35. The summed E-state index contributed by atoms with van der Waals surface area (Å²) in [6.45, 7) is 4.41. The third-order valence-corrected chi connectivity index (χ3v) is 6.76. The minimum Gasteiger partial charge on any atom is -0.301 e. The van der Waals surface area contributed by atoms with Gasteiger partial charge in [-0.2, -0.15) is 4.31 Å². The fourth-order valence-electron chi connectivity index (χ4n) is 2.50. The predicted molar refractivity (Wildman–Crippen MR) is 88.5 cm³/mol. The van der Waals surface area contributed by atoms with Crippen LogP contribution in [-0.2, 0) is 21.2 Å². The fraction of sp³-hybridized carbons (Fsp3) is 0.714. The molecule has 1 aliphatic rings. The molecule has 124 valence electrons. The van der Waals surface area contributed by atoms with Gasteiger partial charge in [0.25, 0.3) is 0 Å². The highest BCUT2D eigenvalue weighted by Gasteiger charge is 2.38. The Balaban J connectivity index is 2.04. The lowest BCUT2D eigenvalue weighted by Gasteiger charge is -2.22. The molecule has 0 radical (unpaired) electrons. The van der Waals surface area contributed by atoms with E-state index in [4.69, 9.17) is 0 Å². The van der Waals surface area contributed by atoms with Gasteiger partial charge in [0.2, 0.25) is 15.9 Å². The van der Waals surface area contributed by atoms with E-state index in [2.05, 4.69) is 10.3 Å². The molecule has 0 saturated carbocycles. The van der Waals surface area contributed by atoms with Gasteiger partial charge in [-0.15, -0.1) is 11.3 Å². The molecule has 8 heteroatoms. The third kappa shape index (κ3) is 4.05. The van der Waals surface area contributed by atoms with Crippen LogP contribution in [0.25, 0.3) is 0 Å². The van der Waals surface area contributed by atoms with Crippen LogP contribution >= 0.6 is 11.3 Å². The number of amides is 1. The van der Waals surface area contributed by atoms with Crippen LogP contribution in [0, 0.1) is 0 Å². The molecular formula is C14H23N3O3S2. The number of hydrogen-bond donors (Lipinski definition) is 1. The Bertz CT molecular complexity index is 613. The van der Waals surface area contributed by atoms with Crippen LogP contribution in [-0.4, -0.2) is 42.0 Å². The van der Waals surface area contributed by atoms with Gasteiger partial charge in [-0.05, 0) is 25.7 Å². The second kappa shape index (κ2) is 7.52. The number of carbonyl (C=O) groups excluding carboxylic acids is 1. The SMILES string of the molecule is CCCCS(=O)(=O)N1CCCC1C(=O)Nc1ncc(CC)s1. The predicted octanol–water partition coefficient (Wildman–Crippen LogP) is 2.24. The molecule has 2 heterocycles. The summed E-state index contributed by atoms with van der Waals surface area (Å²) in [7, 11) is -3.35. The Hall–Kier alpha value is -0.990. The Labute approximate surface area is 136 Å². The van der Waals surface area contributed by atoms with Crippen molar-refractivity contribution in [2.45, 2.75) is 52.0 Å². The van der Waals surface area contributed by atoms with Crippen molar-refractivity contribution in [3.63, 3.8) is 0 Å². The number of anilines is 1. The standard InChI is InChI=1S/C14H23N3O3S2/c1-3-5-9-22(19,20)17-8-6-7-12(17)13(18)16-14-15-10-11(4-2)21-14/h10,12H,3-9H2,1-2H3,(H,15,16,18). The van der Waals surface area contributed by atoms with E-state index < -0.39 is 16.1 Å². The van der Waals surface area contributed by atoms with E-state index in [1.807, 2.05) is 13.8 Å². The largest absolute Gasteiger partial charge is 0.301 e. The van der Waals surface area contributed by atoms with Crippen LogP contribution in [0.1, 0.15) is 44.4 Å². The zero-order chi connectivity index (χ0) is 16.2. The van der Waals surface area contributed by atoms with E-state index in [9.17, 15) is 13.2 Å². The molecule has 1 saturated heterocycles. The maximum atomic E-state index is 12.4. The molecule has 22 heavy (non-hydrogen) atoms. The number of nitrogens with zero attached hydrogens (tertiary/aromatic N) is 2. The number of nitrogens with one attached hydrogen (secondary N) is 1. The van der Waals surface area contributed by atoms with Gasteiger partial charge >= 0.3 is 0 Å². The van der Waals surface area contributed by atoms with Gasteiger partial charge in [0.15, 0.2) is 5.13 Å². The van der Waals surface area contributed by atoms with Gasteiger partial charge in [0, 0.05) is 17.6 Å². The summed E-state index contributed by atoms with van der Waals surface area (Å²) in [5.41, 5.74) is 0. The minimum absolute atomic E-state index is 0.116. The molecule has 0 aromatic carbocycles. The van der Waals surface area contributed by atoms with Crippen LogP contribution in [0.5, 0.6) is 0 Å². The fourth-order valence-corrected chi connectivity index (χ4v) is 5.14. The normalized spacial score (nSPS) is 19.5. The molecule has 6 nitrogen and oxygen atoms in total. The molecule has 1 unspecified atom stereocenters. The van der Waals surface area contributed by atoms with Crippen molar-refractivity contribution in [1.82, 2.24) is 9.29 Å². The van der Waals surface area contributed by atoms with E-state index >= 15 is 0 Å². The summed E-state index contributed by atoms with van der Waals surface area (Å²) in [5, 5.41) is 3.30. The van der Waals surface area contributed by atoms with Gasteiger partial charge < -0.3 is 5.32 Å². The molecule has 1 atom stereocenters. The molecule has 1 aromatic heterocycles. The quantitative estimate of drug-likeness (QED) is 0.822. The van der Waals surface area contributed by atoms with E-state index in [1.165, 1.54) is 15.6 Å². The van der Waals surface area contributed by atoms with Crippen molar-refractivity contribution in [3.8, 4) is 0 Å². The van der Waals surface area contributed by atoms with Crippen LogP contribution in [0.15, 0.2) is 6.20 Å². The lowest BCUT2D eigenvalue weighted by molar-refractivity contribution is -0.119. The molecular weight excluding hydrogens is 322 g/mol. The summed E-state index contributed by atoms with van der Waals surface area (Å²) >= 11 is 1.43. The Morgan fingerprint density at radius 2 is 2.27 bits per heavy atom. The Kier molecular flexibility index (Phi) is 5.94. The average Bonchev–Trinajstić information content (AvgIpc) is 3.14. The number of unbranched alkanes of at least 4 members (excludes halogenated alkanes) is 1. The van der Waals surface area contributed by atoms with E-state index in [1.54, 1.807) is 6.20 Å². The first-order valence-electron chi connectivity index (χ1n) is 7.73. The van der Waals surface area contributed by atoms with Gasteiger partial charge in [-0.25, -0.2) is 13.4 Å². The molecule has 0 bridgehead atoms. The number of carbonyl (C=O) groups is 1. The van der Waals surface area contributed by atoms with E-state index in [-0.39, 0.29) is 11.7 Å². The first-order valence-corrected chi connectivity index (χ1v) is 10.2. The van der Waals surface area contributed by atoms with Crippen LogP contribution in [0.2, 0.25) is 0 Å². The van der Waals surface area contributed by atoms with E-state index in [0.717, 1.165) is 24.1 Å². The number of aryl methyl sites for hydroxylation is 1. The highest BCUT2D eigenvalue weighted by molar-refractivity contribution is 7.89. The van der Waals surface area contributed by atoms with Crippen molar-refractivity contribution >= 4 is 32.4 Å². The number of aromatic nitrogens is 1. The number of hydrogen-bond acceptors (Lipinski definition) is 5. The van der Waals surface area contributed by atoms with Gasteiger partial charge in [0.05, 0.1) is 5.75 Å². The van der Waals surface area contributed by atoms with Crippen LogP contribution in [0.3, 0.4) is 0 Å². The molecule has 1 aliphatic heterocycles. The highest BCUT2D eigenvalue weighted by atomic mass is 32.2. The van der Waals surface area contributed by atoms with Crippen molar-refractivity contribution in [3.05, 3.63) is 11.1 Å². The number of rotatable bonds is 7. The van der Waals surface area contributed by atoms with Gasteiger partial charge in [-0.3, -0.25) is 4.79 Å². The molecule has 1 amide bonds. The van der Waals surface area contributed by atoms with E-state index in [0.29, 0.717) is 24.5 Å². The lowest BCUT2D eigenvalue weighted by atomic mass is 10.2. The molecule has 0 aliphatic carbocycles. The topological polar surface area (TPSA) is 79.4 Å². The van der Waals surface area contributed by atoms with Crippen molar-refractivity contribution in [1.29, 1.82) is 0 Å². The Morgan fingerprint density at radius 3 is 2.91 bits per heavy atom. The zero-order valence-electron chi connectivity index (χ0n) is 13.0. The highest BCUT2D eigenvalue weighted by Crippen LogP contribution is 2.25. The summed E-state index contributed by atoms with van der Waals surface area (Å²) < 4.78 is 26.1. The average molecular weight is 345 g/mol. The Morgan fingerprint density at radius 1 is 1.50 bits per heavy atom. The lowest BCUT2D eigenvalue weighted by Crippen LogP contribution is -2.44. The van der Waals surface area contributed by atoms with Crippen LogP contribution in [0.4, 0.5) is 5.13 Å². The van der Waals surface area contributed by atoms with Crippen molar-refractivity contribution in [2.24, 2.45) is 0 Å². The first-order chi connectivity index (χ1) is 10.5. The summed E-state index contributed by atoms with van der Waals surface area (Å²) in [6.07, 6.45) is 5.35. The maximum Gasteiger partial charge on any atom is 0.244 e. The first kappa shape index (κ1) is 17.4. The summed E-state index contributed by atoms with van der Waals surface area (Å²) in [6, 6.07) is -0.601. The van der Waals surface area contributed by atoms with Crippen LogP contribution < -0.4 is 5.32 Å². The maximum absolute atomic E-state index is 12.4. The number of thiazole rings is 1. The molecule has 1 aromatic rings. The summed E-state index contributed by atoms with van der Waals surface area (Å²) in [5.74, 6) is -0.153. The molecule has 1 N–H and O–H groups in total. The molecule has 0 spiro atoms.